The maximum absolute atomic E-state index is 12.0. The molecule has 26 heavy (non-hydrogen) atoms. The van der Waals surface area contributed by atoms with Gasteiger partial charge in [0, 0.05) is 18.0 Å². The Morgan fingerprint density at radius 1 is 0.923 bits per heavy atom. The van der Waals surface area contributed by atoms with Crippen LogP contribution in [0.1, 0.15) is 5.56 Å². The third-order valence-electron chi connectivity index (χ3n) is 3.44. The molecule has 0 spiro atoms. The molecule has 1 amide bonds. The number of primary sulfonamides is 1. The van der Waals surface area contributed by atoms with Gasteiger partial charge in [-0.1, -0.05) is 30.3 Å². The van der Waals surface area contributed by atoms with E-state index in [1.165, 1.54) is 24.3 Å². The van der Waals surface area contributed by atoms with Gasteiger partial charge >= 0.3 is 0 Å². The zero-order valence-corrected chi connectivity index (χ0v) is 15.3. The van der Waals surface area contributed by atoms with Crippen molar-refractivity contribution in [3.8, 4) is 0 Å². The van der Waals surface area contributed by atoms with Gasteiger partial charge in [-0.2, -0.15) is 0 Å². The number of sulfone groups is 1. The molecule has 0 aliphatic carbocycles. The molecule has 2 rings (SSSR count). The molecule has 0 heterocycles. The van der Waals surface area contributed by atoms with Crippen molar-refractivity contribution in [2.24, 2.45) is 5.14 Å². The third kappa shape index (κ3) is 5.80. The van der Waals surface area contributed by atoms with Crippen molar-refractivity contribution in [3.63, 3.8) is 0 Å². The lowest BCUT2D eigenvalue weighted by atomic mass is 10.1. The van der Waals surface area contributed by atoms with Gasteiger partial charge in [0.1, 0.15) is 0 Å². The minimum atomic E-state index is -3.73. The summed E-state index contributed by atoms with van der Waals surface area (Å²) in [5.41, 5.74) is 0.804. The lowest BCUT2D eigenvalue weighted by Crippen LogP contribution is -2.23. The second-order valence-electron chi connectivity index (χ2n) is 5.39. The predicted octanol–water partition coefficient (Wildman–Crippen LogP) is 0.980. The van der Waals surface area contributed by atoms with Crippen LogP contribution < -0.4 is 10.5 Å². The van der Waals surface area contributed by atoms with Crippen LogP contribution in [0.5, 0.6) is 0 Å². The predicted molar refractivity (Wildman–Crippen MR) is 97.3 cm³/mol. The summed E-state index contributed by atoms with van der Waals surface area (Å²) in [5.74, 6) is -0.536. The van der Waals surface area contributed by atoms with Gasteiger partial charge in [-0.3, -0.25) is 4.79 Å². The number of amides is 1. The average molecular weight is 394 g/mol. The Morgan fingerprint density at radius 3 is 2.12 bits per heavy atom. The van der Waals surface area contributed by atoms with Gasteiger partial charge in [0.25, 0.3) is 0 Å². The zero-order chi connectivity index (χ0) is 19.2. The molecule has 0 unspecified atom stereocenters. The smallest absolute Gasteiger partial charge is 0.244 e. The molecule has 2 aromatic rings. The molecule has 0 fully saturated rings. The first kappa shape index (κ1) is 19.8. The molecular weight excluding hydrogens is 376 g/mol. The molecule has 0 saturated heterocycles. The van der Waals surface area contributed by atoms with Crippen LogP contribution in [0.25, 0.3) is 0 Å². The second kappa shape index (κ2) is 8.26. The lowest BCUT2D eigenvalue weighted by molar-refractivity contribution is -0.116. The van der Waals surface area contributed by atoms with E-state index in [9.17, 15) is 21.6 Å². The Morgan fingerprint density at radius 2 is 1.54 bits per heavy atom. The summed E-state index contributed by atoms with van der Waals surface area (Å²) in [6.45, 7) is 0.267. The van der Waals surface area contributed by atoms with Gasteiger partial charge in [0.05, 0.1) is 9.79 Å². The van der Waals surface area contributed by atoms with Gasteiger partial charge in [-0.25, -0.2) is 22.0 Å². The first-order valence-corrected chi connectivity index (χ1v) is 10.7. The van der Waals surface area contributed by atoms with Gasteiger partial charge < -0.3 is 5.32 Å². The molecule has 9 heteroatoms. The van der Waals surface area contributed by atoms with E-state index in [1.54, 1.807) is 30.3 Å². The highest BCUT2D eigenvalue weighted by Crippen LogP contribution is 2.11. The van der Waals surface area contributed by atoms with E-state index >= 15 is 0 Å². The number of carbonyl (C=O) groups is 1. The van der Waals surface area contributed by atoms with Crippen molar-refractivity contribution in [2.45, 2.75) is 16.2 Å². The first-order chi connectivity index (χ1) is 12.2. The van der Waals surface area contributed by atoms with Gasteiger partial charge in [0.2, 0.25) is 15.9 Å². The summed E-state index contributed by atoms with van der Waals surface area (Å²) < 4.78 is 46.4. The quantitative estimate of drug-likeness (QED) is 0.678. The SMILES string of the molecule is NS(=O)(=O)c1ccc(CCNC(=O)/C=C/S(=O)(=O)c2ccccc2)cc1. The Hall–Kier alpha value is -2.49. The van der Waals surface area contributed by atoms with Crippen LogP contribution in [0.2, 0.25) is 0 Å². The number of hydrogen-bond donors (Lipinski definition) is 2. The summed E-state index contributed by atoms with van der Waals surface area (Å²) >= 11 is 0. The number of hydrogen-bond acceptors (Lipinski definition) is 5. The van der Waals surface area contributed by atoms with Crippen molar-refractivity contribution in [1.29, 1.82) is 0 Å². The Kier molecular flexibility index (Phi) is 6.30. The molecule has 0 saturated carbocycles. The van der Waals surface area contributed by atoms with E-state index < -0.39 is 25.8 Å². The topological polar surface area (TPSA) is 123 Å². The Bertz CT molecular complexity index is 997. The van der Waals surface area contributed by atoms with Crippen molar-refractivity contribution < 1.29 is 21.6 Å². The molecule has 0 atom stereocenters. The number of benzene rings is 2. The van der Waals surface area contributed by atoms with E-state index in [0.29, 0.717) is 6.42 Å². The summed E-state index contributed by atoms with van der Waals surface area (Å²) in [4.78, 5) is 11.9. The molecule has 0 radical (unpaired) electrons. The average Bonchev–Trinajstić information content (AvgIpc) is 2.60. The third-order valence-corrected chi connectivity index (χ3v) is 5.79. The standard InChI is InChI=1S/C17H18N2O5S2/c18-26(23,24)16-8-6-14(7-9-16)10-12-19-17(20)11-13-25(21,22)15-4-2-1-3-5-15/h1-9,11,13H,10,12H2,(H,19,20)(H2,18,23,24)/b13-11+. The van der Waals surface area contributed by atoms with Crippen molar-refractivity contribution in [3.05, 3.63) is 71.6 Å². The van der Waals surface area contributed by atoms with Gasteiger partial charge in [-0.15, -0.1) is 0 Å². The highest BCUT2D eigenvalue weighted by molar-refractivity contribution is 7.94. The molecule has 7 nitrogen and oxygen atoms in total. The molecule has 3 N–H and O–H groups in total. The van der Waals surface area contributed by atoms with E-state index in [2.05, 4.69) is 5.32 Å². The van der Waals surface area contributed by atoms with Crippen LogP contribution in [0.3, 0.4) is 0 Å². The second-order valence-corrected chi connectivity index (χ2v) is 8.79. The van der Waals surface area contributed by atoms with Gasteiger partial charge in [0.15, 0.2) is 9.84 Å². The van der Waals surface area contributed by atoms with E-state index in [1.807, 2.05) is 0 Å². The van der Waals surface area contributed by atoms with E-state index in [4.69, 9.17) is 5.14 Å². The maximum Gasteiger partial charge on any atom is 0.244 e. The fraction of sp³-hybridized carbons (Fsp3) is 0.118. The summed E-state index contributed by atoms with van der Waals surface area (Å²) in [7, 11) is -7.39. The fourth-order valence-electron chi connectivity index (χ4n) is 2.07. The summed E-state index contributed by atoms with van der Waals surface area (Å²) in [6.07, 6.45) is 1.42. The van der Waals surface area contributed by atoms with Crippen LogP contribution in [-0.2, 0) is 31.1 Å². The fourth-order valence-corrected chi connectivity index (χ4v) is 3.59. The Labute approximate surface area is 152 Å². The van der Waals surface area contributed by atoms with Crippen LogP contribution in [0.15, 0.2) is 75.9 Å². The highest BCUT2D eigenvalue weighted by Gasteiger charge is 2.10. The summed E-state index contributed by atoms with van der Waals surface area (Å²) in [5, 5.41) is 8.44. The molecule has 0 bridgehead atoms. The van der Waals surface area contributed by atoms with Crippen LogP contribution in [-0.4, -0.2) is 29.3 Å². The number of sulfonamides is 1. The zero-order valence-electron chi connectivity index (χ0n) is 13.7. The molecule has 138 valence electrons. The van der Waals surface area contributed by atoms with Crippen LogP contribution in [0, 0.1) is 0 Å². The van der Waals surface area contributed by atoms with Crippen molar-refractivity contribution >= 4 is 25.8 Å². The van der Waals surface area contributed by atoms with Crippen LogP contribution >= 0.6 is 0 Å². The monoisotopic (exact) mass is 394 g/mol. The largest absolute Gasteiger partial charge is 0.352 e. The minimum Gasteiger partial charge on any atom is -0.352 e. The molecule has 0 aliphatic rings. The normalized spacial score (nSPS) is 12.2. The van der Waals surface area contributed by atoms with Crippen molar-refractivity contribution in [2.75, 3.05) is 6.54 Å². The Balaban J connectivity index is 1.87. The number of nitrogens with one attached hydrogen (secondary N) is 1. The van der Waals surface area contributed by atoms with E-state index in [-0.39, 0.29) is 16.3 Å². The van der Waals surface area contributed by atoms with Crippen LogP contribution in [0.4, 0.5) is 0 Å². The van der Waals surface area contributed by atoms with Crippen molar-refractivity contribution in [1.82, 2.24) is 5.32 Å². The molecule has 0 aliphatic heterocycles. The number of nitrogens with two attached hydrogens (primary N) is 1. The highest BCUT2D eigenvalue weighted by atomic mass is 32.2. The summed E-state index contributed by atoms with van der Waals surface area (Å²) in [6, 6.07) is 13.8. The number of carbonyl (C=O) groups excluding carboxylic acids is 1. The van der Waals surface area contributed by atoms with Gasteiger partial charge in [-0.05, 0) is 36.2 Å². The molecule has 0 aromatic heterocycles. The minimum absolute atomic E-state index is 0.0133. The van der Waals surface area contributed by atoms with E-state index in [0.717, 1.165) is 17.0 Å². The first-order valence-electron chi connectivity index (χ1n) is 7.56. The lowest BCUT2D eigenvalue weighted by Gasteiger charge is -2.04. The maximum atomic E-state index is 12.0. The molecule has 2 aromatic carbocycles. The molecular formula is C17H18N2O5S2. The number of rotatable bonds is 7.